The van der Waals surface area contributed by atoms with Crippen molar-refractivity contribution in [3.63, 3.8) is 0 Å². The number of benzene rings is 1. The first kappa shape index (κ1) is 23.6. The Morgan fingerprint density at radius 1 is 1.22 bits per heavy atom. The number of aromatic nitrogens is 1. The molecule has 1 unspecified atom stereocenters. The fourth-order valence-corrected chi connectivity index (χ4v) is 4.03. The number of carbonyl (C=O) groups is 1. The number of pyridine rings is 1. The third-order valence-electron chi connectivity index (χ3n) is 5.91. The summed E-state index contributed by atoms with van der Waals surface area (Å²) in [5.41, 5.74) is 7.91. The Hall–Kier alpha value is -3.09. The van der Waals surface area contributed by atoms with Gasteiger partial charge in [-0.05, 0) is 51.2 Å². The molecular formula is C25H36N6O. The van der Waals surface area contributed by atoms with E-state index in [4.69, 9.17) is 10.7 Å². The third-order valence-corrected chi connectivity index (χ3v) is 5.91. The molecule has 1 aliphatic heterocycles. The highest BCUT2D eigenvalue weighted by Crippen LogP contribution is 2.24. The van der Waals surface area contributed by atoms with Gasteiger partial charge in [0.05, 0.1) is 6.54 Å². The zero-order valence-corrected chi connectivity index (χ0v) is 19.3. The maximum atomic E-state index is 11.5. The third kappa shape index (κ3) is 6.97. The number of hydrogen-bond donors (Lipinski definition) is 3. The molecule has 2 aromatic rings. The van der Waals surface area contributed by atoms with E-state index in [2.05, 4.69) is 64.7 Å². The molecule has 0 saturated carbocycles. The Bertz CT molecular complexity index is 877. The first-order valence-electron chi connectivity index (χ1n) is 11.6. The molecular weight excluding hydrogens is 400 g/mol. The zero-order chi connectivity index (χ0) is 22.8. The summed E-state index contributed by atoms with van der Waals surface area (Å²) in [6, 6.07) is 14.9. The largest absolute Gasteiger partial charge is 0.369 e. The number of nitrogens with two attached hydrogens (primary N) is 1. The van der Waals surface area contributed by atoms with Gasteiger partial charge in [-0.25, -0.2) is 9.98 Å². The second-order valence-electron chi connectivity index (χ2n) is 8.41. The molecule has 1 aromatic carbocycles. The quantitative estimate of drug-likeness (QED) is 0.415. The van der Waals surface area contributed by atoms with Crippen LogP contribution in [0.1, 0.15) is 44.2 Å². The summed E-state index contributed by atoms with van der Waals surface area (Å²) in [4.78, 5) is 23.2. The van der Waals surface area contributed by atoms with Crippen LogP contribution in [0.3, 0.4) is 0 Å². The van der Waals surface area contributed by atoms with Gasteiger partial charge >= 0.3 is 0 Å². The Morgan fingerprint density at radius 2 is 1.97 bits per heavy atom. The van der Waals surface area contributed by atoms with Crippen LogP contribution in [0.2, 0.25) is 0 Å². The predicted molar refractivity (Wildman–Crippen MR) is 131 cm³/mol. The van der Waals surface area contributed by atoms with Crippen molar-refractivity contribution in [2.24, 2.45) is 16.6 Å². The zero-order valence-electron chi connectivity index (χ0n) is 19.3. The van der Waals surface area contributed by atoms with Crippen molar-refractivity contribution in [3.8, 4) is 0 Å². The predicted octanol–water partition coefficient (Wildman–Crippen LogP) is 2.86. The number of amides is 1. The Labute approximate surface area is 191 Å². The number of carbonyl (C=O) groups excluding carboxylic acids is 1. The van der Waals surface area contributed by atoms with Gasteiger partial charge in [0.15, 0.2) is 5.96 Å². The van der Waals surface area contributed by atoms with E-state index in [9.17, 15) is 4.79 Å². The number of rotatable bonds is 9. The Morgan fingerprint density at radius 3 is 2.66 bits per heavy atom. The van der Waals surface area contributed by atoms with Gasteiger partial charge in [0.2, 0.25) is 5.91 Å². The number of nitrogens with one attached hydrogen (secondary N) is 2. The molecule has 0 radical (unpaired) electrons. The number of nitrogens with zero attached hydrogens (tertiary/aromatic N) is 3. The highest BCUT2D eigenvalue weighted by Gasteiger charge is 2.24. The van der Waals surface area contributed by atoms with E-state index >= 15 is 0 Å². The minimum Gasteiger partial charge on any atom is -0.369 e. The van der Waals surface area contributed by atoms with E-state index in [1.807, 2.05) is 18.3 Å². The average molecular weight is 437 g/mol. The van der Waals surface area contributed by atoms with Gasteiger partial charge in [-0.1, -0.05) is 36.4 Å². The molecule has 2 heterocycles. The van der Waals surface area contributed by atoms with E-state index < -0.39 is 0 Å². The molecule has 1 aromatic heterocycles. The molecule has 32 heavy (non-hydrogen) atoms. The summed E-state index contributed by atoms with van der Waals surface area (Å²) >= 11 is 0. The number of anilines is 1. The van der Waals surface area contributed by atoms with E-state index in [-0.39, 0.29) is 11.8 Å². The molecule has 1 aliphatic rings. The lowest BCUT2D eigenvalue weighted by Gasteiger charge is -2.32. The topological polar surface area (TPSA) is 95.6 Å². The van der Waals surface area contributed by atoms with Gasteiger partial charge in [-0.3, -0.25) is 4.79 Å². The fraction of sp³-hybridized carbons (Fsp3) is 0.480. The fourth-order valence-electron chi connectivity index (χ4n) is 4.03. The van der Waals surface area contributed by atoms with Crippen molar-refractivity contribution in [1.82, 2.24) is 15.6 Å². The van der Waals surface area contributed by atoms with Crippen LogP contribution in [0.5, 0.6) is 0 Å². The molecule has 0 bridgehead atoms. The van der Waals surface area contributed by atoms with Crippen LogP contribution >= 0.6 is 0 Å². The normalized spacial score (nSPS) is 15.9. The molecule has 4 N–H and O–H groups in total. The van der Waals surface area contributed by atoms with Crippen molar-refractivity contribution in [2.45, 2.75) is 52.1 Å². The molecule has 1 amide bonds. The molecule has 1 fully saturated rings. The molecule has 0 aliphatic carbocycles. The van der Waals surface area contributed by atoms with Crippen LogP contribution in [0.25, 0.3) is 0 Å². The Kier molecular flexibility index (Phi) is 8.90. The Balaban J connectivity index is 1.60. The summed E-state index contributed by atoms with van der Waals surface area (Å²) < 4.78 is 0. The van der Waals surface area contributed by atoms with E-state index in [0.29, 0.717) is 12.6 Å². The number of hydrogen-bond acceptors (Lipinski definition) is 4. The minimum atomic E-state index is -0.196. The average Bonchev–Trinajstić information content (AvgIpc) is 2.82. The molecule has 7 nitrogen and oxygen atoms in total. The van der Waals surface area contributed by atoms with E-state index in [1.165, 1.54) is 5.56 Å². The molecule has 172 valence electrons. The standard InChI is InChI=1S/C25H36N6O/c1-3-27-25(30-19(2)11-12-20-8-5-4-6-9-20)29-18-22-10-7-15-28-24(22)31-16-13-21(14-17-31)23(26)32/h4-10,15,19,21H,3,11-14,16-18H2,1-2H3,(H2,26,32)(H2,27,29,30). The van der Waals surface area contributed by atoms with Crippen LogP contribution in [0.15, 0.2) is 53.7 Å². The first-order chi connectivity index (χ1) is 15.6. The van der Waals surface area contributed by atoms with Crippen molar-refractivity contribution < 1.29 is 4.79 Å². The highest BCUT2D eigenvalue weighted by atomic mass is 16.1. The van der Waals surface area contributed by atoms with Crippen LogP contribution in [-0.2, 0) is 17.8 Å². The maximum Gasteiger partial charge on any atom is 0.220 e. The van der Waals surface area contributed by atoms with E-state index in [1.54, 1.807) is 0 Å². The van der Waals surface area contributed by atoms with Crippen molar-refractivity contribution >= 4 is 17.7 Å². The SMILES string of the molecule is CCNC(=NCc1cccnc1N1CCC(C(N)=O)CC1)NC(C)CCc1ccccc1. The lowest BCUT2D eigenvalue weighted by molar-refractivity contribution is -0.122. The van der Waals surface area contributed by atoms with Gasteiger partial charge in [-0.2, -0.15) is 0 Å². The number of primary amides is 1. The van der Waals surface area contributed by atoms with Gasteiger partial charge in [0, 0.05) is 43.4 Å². The monoisotopic (exact) mass is 436 g/mol. The summed E-state index contributed by atoms with van der Waals surface area (Å²) in [7, 11) is 0. The van der Waals surface area contributed by atoms with Crippen LogP contribution in [0, 0.1) is 5.92 Å². The second kappa shape index (κ2) is 12.1. The summed E-state index contributed by atoms with van der Waals surface area (Å²) in [5, 5.41) is 6.88. The summed E-state index contributed by atoms with van der Waals surface area (Å²) in [6.45, 7) is 7.18. The molecule has 1 atom stereocenters. The summed E-state index contributed by atoms with van der Waals surface area (Å²) in [6.07, 6.45) is 5.43. The highest BCUT2D eigenvalue weighted by molar-refractivity contribution is 5.80. The molecule has 7 heteroatoms. The van der Waals surface area contributed by atoms with Gasteiger partial charge in [-0.15, -0.1) is 0 Å². The van der Waals surface area contributed by atoms with Crippen molar-refractivity contribution in [3.05, 3.63) is 59.8 Å². The van der Waals surface area contributed by atoms with Crippen LogP contribution in [-0.4, -0.2) is 42.5 Å². The lowest BCUT2D eigenvalue weighted by atomic mass is 9.96. The maximum absolute atomic E-state index is 11.5. The van der Waals surface area contributed by atoms with Gasteiger partial charge < -0.3 is 21.3 Å². The van der Waals surface area contributed by atoms with Crippen molar-refractivity contribution in [1.29, 1.82) is 0 Å². The number of guanidine groups is 1. The summed E-state index contributed by atoms with van der Waals surface area (Å²) in [5.74, 6) is 1.54. The van der Waals surface area contributed by atoms with Gasteiger partial charge in [0.25, 0.3) is 0 Å². The van der Waals surface area contributed by atoms with Crippen molar-refractivity contribution in [2.75, 3.05) is 24.5 Å². The molecule has 1 saturated heterocycles. The number of piperidine rings is 1. The minimum absolute atomic E-state index is 0.0293. The number of aliphatic imine (C=N–C) groups is 1. The lowest BCUT2D eigenvalue weighted by Crippen LogP contribution is -2.42. The van der Waals surface area contributed by atoms with E-state index in [0.717, 1.165) is 62.7 Å². The molecule has 0 spiro atoms. The second-order valence-corrected chi connectivity index (χ2v) is 8.41. The smallest absolute Gasteiger partial charge is 0.220 e. The van der Waals surface area contributed by atoms with Crippen LogP contribution in [0.4, 0.5) is 5.82 Å². The first-order valence-corrected chi connectivity index (χ1v) is 11.6. The number of aryl methyl sites for hydroxylation is 1. The van der Waals surface area contributed by atoms with Crippen LogP contribution < -0.4 is 21.3 Å². The molecule has 3 rings (SSSR count). The van der Waals surface area contributed by atoms with Gasteiger partial charge in [0.1, 0.15) is 5.82 Å².